The van der Waals surface area contributed by atoms with E-state index in [9.17, 15) is 0 Å². The first-order valence-corrected chi connectivity index (χ1v) is 4.61. The van der Waals surface area contributed by atoms with Gasteiger partial charge in [-0.1, -0.05) is 6.92 Å². The van der Waals surface area contributed by atoms with Crippen LogP contribution in [0.1, 0.15) is 26.3 Å². The average Bonchev–Trinajstić information content (AvgIpc) is 2.59. The summed E-state index contributed by atoms with van der Waals surface area (Å²) in [6.45, 7) is 4.32. The molecular weight excluding hydrogens is 162 g/mol. The van der Waals surface area contributed by atoms with Crippen LogP contribution >= 0.6 is 0 Å². The highest BCUT2D eigenvalue weighted by atomic mass is 15.3. The Hall–Kier alpha value is -1.38. The van der Waals surface area contributed by atoms with Crippen LogP contribution in [0.15, 0.2) is 24.5 Å². The zero-order valence-corrected chi connectivity index (χ0v) is 7.94. The van der Waals surface area contributed by atoms with Gasteiger partial charge in [0.1, 0.15) is 0 Å². The van der Waals surface area contributed by atoms with Crippen molar-refractivity contribution in [2.45, 2.75) is 26.3 Å². The lowest BCUT2D eigenvalue weighted by Gasteiger charge is -2.06. The van der Waals surface area contributed by atoms with E-state index in [1.807, 2.05) is 16.8 Å². The Kier molecular flexibility index (Phi) is 2.00. The lowest BCUT2D eigenvalue weighted by atomic mass is 10.3. The van der Waals surface area contributed by atoms with E-state index in [1.165, 1.54) is 0 Å². The number of hydrogen-bond acceptors (Lipinski definition) is 2. The topological polar surface area (TPSA) is 30.7 Å². The Morgan fingerprint density at radius 2 is 2.38 bits per heavy atom. The summed E-state index contributed by atoms with van der Waals surface area (Å²) < 4.78 is 1.98. The van der Waals surface area contributed by atoms with Gasteiger partial charge in [-0.2, -0.15) is 5.10 Å². The maximum absolute atomic E-state index is 4.39. The highest BCUT2D eigenvalue weighted by molar-refractivity contribution is 5.73. The molecule has 3 heteroatoms. The zero-order valence-electron chi connectivity index (χ0n) is 7.94. The quantitative estimate of drug-likeness (QED) is 0.701. The summed E-state index contributed by atoms with van der Waals surface area (Å²) in [5, 5.41) is 5.50. The zero-order chi connectivity index (χ0) is 9.26. The van der Waals surface area contributed by atoms with Crippen molar-refractivity contribution in [3.63, 3.8) is 0 Å². The standard InChI is InChI=1S/C10H13N3/c1-3-8(2)13-7-9-5-4-6-11-10(9)12-13/h4-8H,3H2,1-2H3. The van der Waals surface area contributed by atoms with Crippen molar-refractivity contribution in [1.29, 1.82) is 0 Å². The van der Waals surface area contributed by atoms with E-state index in [2.05, 4.69) is 30.1 Å². The third-order valence-corrected chi connectivity index (χ3v) is 2.34. The third kappa shape index (κ3) is 1.41. The van der Waals surface area contributed by atoms with Gasteiger partial charge in [0.05, 0.1) is 0 Å². The Morgan fingerprint density at radius 3 is 3.08 bits per heavy atom. The minimum Gasteiger partial charge on any atom is -0.267 e. The lowest BCUT2D eigenvalue weighted by molar-refractivity contribution is 0.481. The molecule has 0 aliphatic rings. The first kappa shape index (κ1) is 8.23. The molecule has 0 fully saturated rings. The first-order valence-electron chi connectivity index (χ1n) is 4.61. The molecule has 0 amide bonds. The molecule has 0 saturated heterocycles. The van der Waals surface area contributed by atoms with Crippen molar-refractivity contribution >= 4 is 11.0 Å². The largest absolute Gasteiger partial charge is 0.267 e. The van der Waals surface area contributed by atoms with Crippen LogP contribution in [0.25, 0.3) is 11.0 Å². The molecule has 1 atom stereocenters. The summed E-state index contributed by atoms with van der Waals surface area (Å²) >= 11 is 0. The van der Waals surface area contributed by atoms with Gasteiger partial charge in [0.25, 0.3) is 0 Å². The molecule has 13 heavy (non-hydrogen) atoms. The molecule has 0 aliphatic carbocycles. The molecule has 0 spiro atoms. The van der Waals surface area contributed by atoms with Crippen LogP contribution in [0.4, 0.5) is 0 Å². The molecule has 2 aromatic heterocycles. The van der Waals surface area contributed by atoms with Crippen LogP contribution in [-0.4, -0.2) is 14.8 Å². The summed E-state index contributed by atoms with van der Waals surface area (Å²) in [5.41, 5.74) is 0.836. The Labute approximate surface area is 77.4 Å². The van der Waals surface area contributed by atoms with E-state index < -0.39 is 0 Å². The molecule has 2 rings (SSSR count). The molecule has 0 saturated carbocycles. The van der Waals surface area contributed by atoms with Crippen molar-refractivity contribution in [2.24, 2.45) is 0 Å². The van der Waals surface area contributed by atoms with E-state index in [0.717, 1.165) is 17.5 Å². The fourth-order valence-electron chi connectivity index (χ4n) is 1.29. The van der Waals surface area contributed by atoms with Gasteiger partial charge in [-0.05, 0) is 25.5 Å². The summed E-state index contributed by atoms with van der Waals surface area (Å²) in [6, 6.07) is 4.42. The normalized spacial score (nSPS) is 13.4. The predicted molar refractivity (Wildman–Crippen MR) is 52.5 cm³/mol. The van der Waals surface area contributed by atoms with E-state index in [0.29, 0.717) is 6.04 Å². The number of aromatic nitrogens is 3. The molecule has 0 aliphatic heterocycles. The minimum atomic E-state index is 0.453. The monoisotopic (exact) mass is 175 g/mol. The SMILES string of the molecule is CCC(C)n1cc2cccnc2n1. The van der Waals surface area contributed by atoms with Gasteiger partial charge in [0.15, 0.2) is 5.65 Å². The van der Waals surface area contributed by atoms with Gasteiger partial charge in [-0.25, -0.2) is 4.98 Å². The van der Waals surface area contributed by atoms with Gasteiger partial charge >= 0.3 is 0 Å². The molecule has 1 unspecified atom stereocenters. The van der Waals surface area contributed by atoms with Crippen molar-refractivity contribution < 1.29 is 0 Å². The molecule has 0 bridgehead atoms. The van der Waals surface area contributed by atoms with Gasteiger partial charge in [0.2, 0.25) is 0 Å². The molecule has 3 nitrogen and oxygen atoms in total. The smallest absolute Gasteiger partial charge is 0.181 e. The molecule has 0 aromatic carbocycles. The number of hydrogen-bond donors (Lipinski definition) is 0. The number of pyridine rings is 1. The first-order chi connectivity index (χ1) is 6.31. The van der Waals surface area contributed by atoms with Crippen LogP contribution in [0, 0.1) is 0 Å². The highest BCUT2D eigenvalue weighted by Crippen LogP contribution is 2.14. The molecule has 2 aromatic rings. The van der Waals surface area contributed by atoms with Crippen LogP contribution in [-0.2, 0) is 0 Å². The summed E-state index contributed by atoms with van der Waals surface area (Å²) in [4.78, 5) is 4.19. The lowest BCUT2D eigenvalue weighted by Crippen LogP contribution is -2.03. The Balaban J connectivity index is 2.49. The number of rotatable bonds is 2. The van der Waals surface area contributed by atoms with Crippen molar-refractivity contribution in [3.8, 4) is 0 Å². The Bertz CT molecular complexity index is 372. The molecule has 0 radical (unpaired) electrons. The van der Waals surface area contributed by atoms with Crippen molar-refractivity contribution in [2.75, 3.05) is 0 Å². The highest BCUT2D eigenvalue weighted by Gasteiger charge is 2.04. The third-order valence-electron chi connectivity index (χ3n) is 2.34. The van der Waals surface area contributed by atoms with E-state index >= 15 is 0 Å². The van der Waals surface area contributed by atoms with E-state index in [4.69, 9.17) is 0 Å². The van der Waals surface area contributed by atoms with Crippen LogP contribution in [0.3, 0.4) is 0 Å². The second-order valence-electron chi connectivity index (χ2n) is 3.28. The molecule has 68 valence electrons. The molecular formula is C10H13N3. The Morgan fingerprint density at radius 1 is 1.54 bits per heavy atom. The average molecular weight is 175 g/mol. The van der Waals surface area contributed by atoms with Gasteiger partial charge in [0, 0.05) is 23.8 Å². The fraction of sp³-hybridized carbons (Fsp3) is 0.400. The molecule has 0 N–H and O–H groups in total. The summed E-state index contributed by atoms with van der Waals surface area (Å²) in [7, 11) is 0. The minimum absolute atomic E-state index is 0.453. The van der Waals surface area contributed by atoms with Crippen molar-refractivity contribution in [3.05, 3.63) is 24.5 Å². The van der Waals surface area contributed by atoms with Crippen LogP contribution in [0.5, 0.6) is 0 Å². The summed E-state index contributed by atoms with van der Waals surface area (Å²) in [6.07, 6.45) is 4.92. The molecule has 2 heterocycles. The summed E-state index contributed by atoms with van der Waals surface area (Å²) in [5.74, 6) is 0. The van der Waals surface area contributed by atoms with Gasteiger partial charge in [-0.3, -0.25) is 4.68 Å². The van der Waals surface area contributed by atoms with E-state index in [1.54, 1.807) is 6.20 Å². The van der Waals surface area contributed by atoms with Crippen LogP contribution in [0.2, 0.25) is 0 Å². The predicted octanol–water partition coefficient (Wildman–Crippen LogP) is 2.40. The van der Waals surface area contributed by atoms with Gasteiger partial charge < -0.3 is 0 Å². The number of nitrogens with zero attached hydrogens (tertiary/aromatic N) is 3. The van der Waals surface area contributed by atoms with E-state index in [-0.39, 0.29) is 0 Å². The fourth-order valence-corrected chi connectivity index (χ4v) is 1.29. The number of fused-ring (bicyclic) bond motifs is 1. The second-order valence-corrected chi connectivity index (χ2v) is 3.28. The van der Waals surface area contributed by atoms with Crippen LogP contribution < -0.4 is 0 Å². The second kappa shape index (κ2) is 3.17. The van der Waals surface area contributed by atoms with Gasteiger partial charge in [-0.15, -0.1) is 0 Å². The maximum Gasteiger partial charge on any atom is 0.181 e. The maximum atomic E-state index is 4.39. The van der Waals surface area contributed by atoms with Crippen molar-refractivity contribution in [1.82, 2.24) is 14.8 Å².